The summed E-state index contributed by atoms with van der Waals surface area (Å²) in [4.78, 5) is 27.6. The summed E-state index contributed by atoms with van der Waals surface area (Å²) in [7, 11) is 0. The van der Waals surface area contributed by atoms with Gasteiger partial charge < -0.3 is 31.5 Å². The summed E-state index contributed by atoms with van der Waals surface area (Å²) in [6.45, 7) is 0.457. The number of amides is 3. The van der Waals surface area contributed by atoms with Crippen LogP contribution in [0.5, 0.6) is 5.88 Å². The van der Waals surface area contributed by atoms with Crippen molar-refractivity contribution in [3.8, 4) is 5.88 Å². The van der Waals surface area contributed by atoms with Gasteiger partial charge in [-0.3, -0.25) is 10.1 Å². The fraction of sp³-hybridized carbons (Fsp3) is 0.261. The first-order valence-electron chi connectivity index (χ1n) is 10.6. The van der Waals surface area contributed by atoms with Crippen molar-refractivity contribution in [2.45, 2.75) is 25.4 Å². The lowest BCUT2D eigenvalue weighted by Crippen LogP contribution is -2.56. The van der Waals surface area contributed by atoms with Crippen molar-refractivity contribution in [2.75, 3.05) is 13.2 Å². The molecular weight excluding hydrogens is 460 g/mol. The van der Waals surface area contributed by atoms with Crippen molar-refractivity contribution in [2.24, 2.45) is 5.73 Å². The molecule has 3 rings (SSSR count). The number of hydrogen-bond acceptors (Lipinski definition) is 7. The number of hydrogen-bond donors (Lipinski definition) is 6. The molecule has 0 aliphatic heterocycles. The van der Waals surface area contributed by atoms with E-state index in [-0.39, 0.29) is 19.3 Å². The third-order valence-corrected chi connectivity index (χ3v) is 5.01. The number of urea groups is 1. The average molecular weight is 487 g/mol. The molecule has 34 heavy (non-hydrogen) atoms. The molecule has 0 fully saturated rings. The zero-order chi connectivity index (χ0) is 24.3. The van der Waals surface area contributed by atoms with Gasteiger partial charge in [0.1, 0.15) is 6.10 Å². The fourth-order valence-corrected chi connectivity index (χ4v) is 3.18. The predicted octanol–water partition coefficient (Wildman–Crippen LogP) is 1.38. The summed E-state index contributed by atoms with van der Waals surface area (Å²) in [5.74, 6) is -0.244. The molecular formula is C23H27ClN6O4. The molecule has 0 saturated heterocycles. The van der Waals surface area contributed by atoms with Crippen LogP contribution >= 0.6 is 11.6 Å². The van der Waals surface area contributed by atoms with Crippen molar-refractivity contribution in [1.82, 2.24) is 26.3 Å². The van der Waals surface area contributed by atoms with Crippen molar-refractivity contribution >= 4 is 23.5 Å². The number of carbonyl (C=O) groups is 2. The number of aliphatic hydroxyl groups is 1. The van der Waals surface area contributed by atoms with E-state index in [9.17, 15) is 9.59 Å². The average Bonchev–Trinajstić information content (AvgIpc) is 2.83. The van der Waals surface area contributed by atoms with E-state index in [0.29, 0.717) is 29.4 Å². The zero-order valence-corrected chi connectivity index (χ0v) is 19.1. The Bertz CT molecular complexity index is 1040. The monoisotopic (exact) mass is 486 g/mol. The van der Waals surface area contributed by atoms with Gasteiger partial charge in [-0.25, -0.2) is 9.78 Å². The number of halogens is 1. The molecule has 0 saturated carbocycles. The molecule has 1 aliphatic rings. The second-order valence-corrected chi connectivity index (χ2v) is 7.80. The Balaban J connectivity index is 1.57. The highest BCUT2D eigenvalue weighted by molar-refractivity contribution is 6.30. The van der Waals surface area contributed by atoms with E-state index in [1.54, 1.807) is 12.1 Å². The third-order valence-electron chi connectivity index (χ3n) is 4.76. The molecule has 0 bridgehead atoms. The summed E-state index contributed by atoms with van der Waals surface area (Å²) < 4.78 is 5.82. The van der Waals surface area contributed by atoms with Crippen molar-refractivity contribution in [1.29, 1.82) is 0 Å². The van der Waals surface area contributed by atoms with Gasteiger partial charge in [0.15, 0.2) is 6.29 Å². The van der Waals surface area contributed by atoms with Crippen LogP contribution in [0.25, 0.3) is 0 Å². The zero-order valence-electron chi connectivity index (χ0n) is 18.3. The lowest BCUT2D eigenvalue weighted by Gasteiger charge is -2.25. The van der Waals surface area contributed by atoms with Gasteiger partial charge in [-0.1, -0.05) is 29.8 Å². The number of primary amides is 1. The Morgan fingerprint density at radius 2 is 2.06 bits per heavy atom. The molecule has 11 heteroatoms. The largest absolute Gasteiger partial charge is 0.470 e. The number of carbonyl (C=O) groups excluding carboxylic acids is 2. The summed E-state index contributed by atoms with van der Waals surface area (Å²) in [6, 6.07) is 9.96. The van der Waals surface area contributed by atoms with Gasteiger partial charge in [-0.05, 0) is 35.9 Å². The summed E-state index contributed by atoms with van der Waals surface area (Å²) in [5, 5.41) is 21.4. The maximum absolute atomic E-state index is 12.1. The highest BCUT2D eigenvalue weighted by Crippen LogP contribution is 2.17. The van der Waals surface area contributed by atoms with Gasteiger partial charge in [0.05, 0.1) is 6.61 Å². The van der Waals surface area contributed by atoms with Crippen LogP contribution in [0.4, 0.5) is 4.79 Å². The number of aromatic nitrogens is 1. The Morgan fingerprint density at radius 3 is 2.74 bits per heavy atom. The molecule has 1 aliphatic carbocycles. The van der Waals surface area contributed by atoms with Gasteiger partial charge in [-0.15, -0.1) is 0 Å². The standard InChI is InChI=1S/C23H27ClN6O4/c24-17-3-1-15(2-4-17)14-28-22(30-23(33)27-11-12-31)29-18-5-7-19(8-6-18)34-20-13-16(21(25)32)9-10-26-20/h1-7,9-10,13,19,22,28-29,31H,8,11-12,14H2,(H2,25,32)(H2,27,30,33). The second-order valence-electron chi connectivity index (χ2n) is 7.37. The minimum Gasteiger partial charge on any atom is -0.470 e. The first-order valence-corrected chi connectivity index (χ1v) is 11.0. The van der Waals surface area contributed by atoms with Gasteiger partial charge in [-0.2, -0.15) is 0 Å². The van der Waals surface area contributed by atoms with Crippen molar-refractivity contribution in [3.05, 3.63) is 82.7 Å². The van der Waals surface area contributed by atoms with Crippen LogP contribution in [0.15, 0.2) is 66.5 Å². The molecule has 10 nitrogen and oxygen atoms in total. The Morgan fingerprint density at radius 1 is 1.26 bits per heavy atom. The number of benzene rings is 1. The molecule has 3 amide bonds. The van der Waals surface area contributed by atoms with Crippen LogP contribution in [0.2, 0.25) is 5.02 Å². The van der Waals surface area contributed by atoms with E-state index < -0.39 is 18.2 Å². The molecule has 0 spiro atoms. The number of nitrogens with one attached hydrogen (secondary N) is 4. The van der Waals surface area contributed by atoms with Crippen LogP contribution in [-0.4, -0.2) is 47.6 Å². The highest BCUT2D eigenvalue weighted by atomic mass is 35.5. The molecule has 2 unspecified atom stereocenters. The lowest BCUT2D eigenvalue weighted by atomic mass is 10.1. The number of ether oxygens (including phenoxy) is 1. The molecule has 1 heterocycles. The first kappa shape index (κ1) is 25.0. The Kier molecular flexibility index (Phi) is 9.27. The van der Waals surface area contributed by atoms with E-state index in [4.69, 9.17) is 27.2 Å². The summed E-state index contributed by atoms with van der Waals surface area (Å²) >= 11 is 5.94. The molecule has 1 aromatic heterocycles. The number of aliphatic hydroxyl groups excluding tert-OH is 1. The molecule has 2 atom stereocenters. The number of nitrogens with zero attached hydrogens (tertiary/aromatic N) is 1. The minimum absolute atomic E-state index is 0.141. The molecule has 1 aromatic carbocycles. The van der Waals surface area contributed by atoms with Crippen molar-refractivity contribution in [3.63, 3.8) is 0 Å². The van der Waals surface area contributed by atoms with E-state index in [0.717, 1.165) is 11.3 Å². The van der Waals surface area contributed by atoms with Crippen LogP contribution in [0.1, 0.15) is 22.3 Å². The van der Waals surface area contributed by atoms with E-state index in [1.807, 2.05) is 30.4 Å². The minimum atomic E-state index is -0.600. The van der Waals surface area contributed by atoms with Gasteiger partial charge in [0.25, 0.3) is 0 Å². The first-order chi connectivity index (χ1) is 16.4. The van der Waals surface area contributed by atoms with Crippen LogP contribution in [-0.2, 0) is 6.54 Å². The topological polar surface area (TPSA) is 151 Å². The van der Waals surface area contributed by atoms with Gasteiger partial charge in [0.2, 0.25) is 11.8 Å². The molecule has 0 radical (unpaired) electrons. The van der Waals surface area contributed by atoms with Gasteiger partial charge in [0, 0.05) is 48.1 Å². The maximum atomic E-state index is 12.1. The fourth-order valence-electron chi connectivity index (χ4n) is 3.06. The summed E-state index contributed by atoms with van der Waals surface area (Å²) in [6.07, 6.45) is 6.74. The van der Waals surface area contributed by atoms with Crippen LogP contribution in [0.3, 0.4) is 0 Å². The Labute approximate surface area is 202 Å². The molecule has 180 valence electrons. The lowest BCUT2D eigenvalue weighted by molar-refractivity contribution is 0.0999. The van der Waals surface area contributed by atoms with E-state index >= 15 is 0 Å². The number of nitrogens with two attached hydrogens (primary N) is 1. The van der Waals surface area contributed by atoms with Crippen LogP contribution in [0, 0.1) is 0 Å². The molecule has 7 N–H and O–H groups in total. The number of rotatable bonds is 11. The predicted molar refractivity (Wildman–Crippen MR) is 128 cm³/mol. The maximum Gasteiger partial charge on any atom is 0.317 e. The second kappa shape index (κ2) is 12.6. The normalized spacial score (nSPS) is 15.7. The smallest absolute Gasteiger partial charge is 0.317 e. The van der Waals surface area contributed by atoms with Gasteiger partial charge >= 0.3 is 6.03 Å². The van der Waals surface area contributed by atoms with Crippen LogP contribution < -0.4 is 31.7 Å². The number of allylic oxidation sites excluding steroid dienone is 1. The quantitative estimate of drug-likeness (QED) is 0.262. The van der Waals surface area contributed by atoms with E-state index in [1.165, 1.54) is 18.3 Å². The Hall–Kier alpha value is -3.60. The highest BCUT2D eigenvalue weighted by Gasteiger charge is 2.16. The van der Waals surface area contributed by atoms with Crippen molar-refractivity contribution < 1.29 is 19.4 Å². The molecule has 2 aromatic rings. The summed E-state index contributed by atoms with van der Waals surface area (Å²) in [5.41, 5.74) is 7.38. The number of pyridine rings is 1. The van der Waals surface area contributed by atoms with E-state index in [2.05, 4.69) is 26.3 Å². The third kappa shape index (κ3) is 8.07. The SMILES string of the molecule is NC(=O)c1ccnc(OC2C=CC(NC(NCc3ccc(Cl)cc3)NC(=O)NCCO)=CC2)c1.